The minimum absolute atomic E-state index is 0.281. The molecule has 0 fully saturated rings. The summed E-state index contributed by atoms with van der Waals surface area (Å²) < 4.78 is 5.10. The summed E-state index contributed by atoms with van der Waals surface area (Å²) in [5, 5.41) is 3.29. The topological polar surface area (TPSA) is 37.0 Å². The van der Waals surface area contributed by atoms with Gasteiger partial charge in [0.15, 0.2) is 0 Å². The predicted octanol–water partition coefficient (Wildman–Crippen LogP) is 1.14. The smallest absolute Gasteiger partial charge is 0.0667 e. The van der Waals surface area contributed by atoms with Gasteiger partial charge in [0, 0.05) is 32.6 Å². The van der Waals surface area contributed by atoms with Crippen LogP contribution in [0.1, 0.15) is 12.5 Å². The molecule has 0 aliphatic heterocycles. The fraction of sp³-hybridized carbons (Fsp3) is 0.556. The van der Waals surface area contributed by atoms with E-state index in [1.165, 1.54) is 5.56 Å². The zero-order valence-corrected chi connectivity index (χ0v) is 7.63. The molecule has 2 N–H and O–H groups in total. The van der Waals surface area contributed by atoms with Gasteiger partial charge in [0.1, 0.15) is 0 Å². The Morgan fingerprint density at radius 1 is 1.67 bits per heavy atom. The predicted molar refractivity (Wildman–Crippen MR) is 49.0 cm³/mol. The first kappa shape index (κ1) is 9.29. The van der Waals surface area contributed by atoms with Gasteiger partial charge in [-0.2, -0.15) is 0 Å². The van der Waals surface area contributed by atoms with Crippen molar-refractivity contribution in [3.8, 4) is 0 Å². The maximum Gasteiger partial charge on any atom is 0.0667 e. The Balaban J connectivity index is 2.11. The van der Waals surface area contributed by atoms with Crippen LogP contribution in [0.25, 0.3) is 0 Å². The van der Waals surface area contributed by atoms with Crippen LogP contribution in [0.15, 0.2) is 18.5 Å². The van der Waals surface area contributed by atoms with E-state index >= 15 is 0 Å². The fourth-order valence-electron chi connectivity index (χ4n) is 0.971. The second-order valence-corrected chi connectivity index (χ2v) is 2.90. The molecule has 0 saturated heterocycles. The van der Waals surface area contributed by atoms with Crippen molar-refractivity contribution in [3.05, 3.63) is 24.0 Å². The largest absolute Gasteiger partial charge is 0.380 e. The molecule has 1 heterocycles. The first-order chi connectivity index (χ1) is 5.83. The van der Waals surface area contributed by atoms with Gasteiger partial charge in [-0.25, -0.2) is 0 Å². The summed E-state index contributed by atoms with van der Waals surface area (Å²) >= 11 is 0. The van der Waals surface area contributed by atoms with Gasteiger partial charge in [0.2, 0.25) is 0 Å². The van der Waals surface area contributed by atoms with Crippen LogP contribution >= 0.6 is 0 Å². The van der Waals surface area contributed by atoms with Crippen molar-refractivity contribution in [3.63, 3.8) is 0 Å². The SMILES string of the molecule is COC(C)CNCc1cc[nH]c1. The Hall–Kier alpha value is -0.800. The quantitative estimate of drug-likeness (QED) is 0.691. The Bertz CT molecular complexity index is 196. The molecule has 0 aromatic carbocycles. The van der Waals surface area contributed by atoms with Gasteiger partial charge >= 0.3 is 0 Å². The lowest BCUT2D eigenvalue weighted by molar-refractivity contribution is 0.117. The van der Waals surface area contributed by atoms with Crippen molar-refractivity contribution in [2.45, 2.75) is 19.6 Å². The number of aromatic amines is 1. The highest BCUT2D eigenvalue weighted by molar-refractivity contribution is 5.07. The number of aromatic nitrogens is 1. The van der Waals surface area contributed by atoms with Gasteiger partial charge in [-0.05, 0) is 18.6 Å². The summed E-state index contributed by atoms with van der Waals surface area (Å²) in [7, 11) is 1.72. The molecule has 0 bridgehead atoms. The number of rotatable bonds is 5. The molecular formula is C9H16N2O. The fourth-order valence-corrected chi connectivity index (χ4v) is 0.971. The zero-order valence-electron chi connectivity index (χ0n) is 7.63. The number of nitrogens with one attached hydrogen (secondary N) is 2. The Morgan fingerprint density at radius 2 is 2.50 bits per heavy atom. The molecule has 0 aliphatic rings. The maximum absolute atomic E-state index is 5.10. The Labute approximate surface area is 73.1 Å². The third-order valence-electron chi connectivity index (χ3n) is 1.83. The van der Waals surface area contributed by atoms with Crippen LogP contribution in [-0.4, -0.2) is 24.7 Å². The second-order valence-electron chi connectivity index (χ2n) is 2.90. The molecule has 0 aliphatic carbocycles. The van der Waals surface area contributed by atoms with Crippen LogP contribution in [0.4, 0.5) is 0 Å². The molecule has 0 radical (unpaired) electrons. The highest BCUT2D eigenvalue weighted by Crippen LogP contribution is 1.95. The molecule has 0 saturated carbocycles. The highest BCUT2D eigenvalue weighted by Gasteiger charge is 1.97. The van der Waals surface area contributed by atoms with Crippen LogP contribution in [0.5, 0.6) is 0 Å². The van der Waals surface area contributed by atoms with Gasteiger partial charge in [-0.1, -0.05) is 0 Å². The van der Waals surface area contributed by atoms with Crippen LogP contribution in [0.2, 0.25) is 0 Å². The van der Waals surface area contributed by atoms with Gasteiger partial charge in [0.25, 0.3) is 0 Å². The summed E-state index contributed by atoms with van der Waals surface area (Å²) in [5.41, 5.74) is 1.28. The Kier molecular flexibility index (Phi) is 3.84. The van der Waals surface area contributed by atoms with Gasteiger partial charge in [-0.15, -0.1) is 0 Å². The van der Waals surface area contributed by atoms with E-state index in [0.29, 0.717) is 0 Å². The van der Waals surface area contributed by atoms with Crippen molar-refractivity contribution in [2.24, 2.45) is 0 Å². The molecule has 3 heteroatoms. The minimum atomic E-state index is 0.281. The van der Waals surface area contributed by atoms with Crippen LogP contribution in [-0.2, 0) is 11.3 Å². The molecule has 1 unspecified atom stereocenters. The van der Waals surface area contributed by atoms with E-state index in [1.807, 2.05) is 19.3 Å². The molecule has 0 spiro atoms. The Morgan fingerprint density at radius 3 is 3.08 bits per heavy atom. The van der Waals surface area contributed by atoms with Gasteiger partial charge < -0.3 is 15.0 Å². The van der Waals surface area contributed by atoms with E-state index in [1.54, 1.807) is 7.11 Å². The lowest BCUT2D eigenvalue weighted by atomic mass is 10.3. The van der Waals surface area contributed by atoms with Crippen molar-refractivity contribution in [1.29, 1.82) is 0 Å². The van der Waals surface area contributed by atoms with Crippen molar-refractivity contribution in [2.75, 3.05) is 13.7 Å². The molecule has 68 valence electrons. The summed E-state index contributed by atoms with van der Waals surface area (Å²) in [4.78, 5) is 3.01. The van der Waals surface area contributed by atoms with E-state index in [2.05, 4.69) is 16.4 Å². The average molecular weight is 168 g/mol. The molecule has 1 atom stereocenters. The van der Waals surface area contributed by atoms with E-state index < -0.39 is 0 Å². The highest BCUT2D eigenvalue weighted by atomic mass is 16.5. The molecule has 1 rings (SSSR count). The van der Waals surface area contributed by atoms with Crippen LogP contribution < -0.4 is 5.32 Å². The van der Waals surface area contributed by atoms with Gasteiger partial charge in [0.05, 0.1) is 6.10 Å². The first-order valence-corrected chi connectivity index (χ1v) is 4.18. The molecular weight excluding hydrogens is 152 g/mol. The molecule has 0 amide bonds. The average Bonchev–Trinajstić information content (AvgIpc) is 2.57. The number of H-pyrrole nitrogens is 1. The standard InChI is InChI=1S/C9H16N2O/c1-8(12-2)5-11-7-9-3-4-10-6-9/h3-4,6,8,10-11H,5,7H2,1-2H3. The number of methoxy groups -OCH3 is 1. The number of ether oxygens (including phenoxy) is 1. The lowest BCUT2D eigenvalue weighted by Gasteiger charge is -2.09. The van der Waals surface area contributed by atoms with E-state index in [4.69, 9.17) is 4.74 Å². The molecule has 3 nitrogen and oxygen atoms in total. The molecule has 12 heavy (non-hydrogen) atoms. The van der Waals surface area contributed by atoms with Gasteiger partial charge in [-0.3, -0.25) is 0 Å². The van der Waals surface area contributed by atoms with E-state index in [0.717, 1.165) is 13.1 Å². The second kappa shape index (κ2) is 4.95. The molecule has 1 aromatic heterocycles. The summed E-state index contributed by atoms with van der Waals surface area (Å²) in [6, 6.07) is 2.06. The number of hydrogen-bond acceptors (Lipinski definition) is 2. The first-order valence-electron chi connectivity index (χ1n) is 4.18. The minimum Gasteiger partial charge on any atom is -0.380 e. The third-order valence-corrected chi connectivity index (χ3v) is 1.83. The third kappa shape index (κ3) is 3.07. The van der Waals surface area contributed by atoms with Crippen molar-refractivity contribution in [1.82, 2.24) is 10.3 Å². The van der Waals surface area contributed by atoms with Crippen molar-refractivity contribution >= 4 is 0 Å². The summed E-state index contributed by atoms with van der Waals surface area (Å²) in [6.07, 6.45) is 4.20. The summed E-state index contributed by atoms with van der Waals surface area (Å²) in [5.74, 6) is 0. The molecule has 1 aromatic rings. The number of hydrogen-bond donors (Lipinski definition) is 2. The monoisotopic (exact) mass is 168 g/mol. The normalized spacial score (nSPS) is 13.2. The van der Waals surface area contributed by atoms with E-state index in [-0.39, 0.29) is 6.10 Å². The van der Waals surface area contributed by atoms with Crippen molar-refractivity contribution < 1.29 is 4.74 Å². The van der Waals surface area contributed by atoms with Crippen LogP contribution in [0.3, 0.4) is 0 Å². The maximum atomic E-state index is 5.10. The lowest BCUT2D eigenvalue weighted by Crippen LogP contribution is -2.25. The van der Waals surface area contributed by atoms with Crippen LogP contribution in [0, 0.1) is 0 Å². The van der Waals surface area contributed by atoms with E-state index in [9.17, 15) is 0 Å². The zero-order chi connectivity index (χ0) is 8.81. The summed E-state index contributed by atoms with van der Waals surface area (Å²) in [6.45, 7) is 3.84.